The molecule has 0 unspecified atom stereocenters. The number of amides is 1. The van der Waals surface area contributed by atoms with Crippen molar-refractivity contribution in [3.63, 3.8) is 0 Å². The van der Waals surface area contributed by atoms with E-state index >= 15 is 0 Å². The lowest BCUT2D eigenvalue weighted by Gasteiger charge is -2.09. The first-order valence-electron chi connectivity index (χ1n) is 10.5. The van der Waals surface area contributed by atoms with Gasteiger partial charge in [0.05, 0.1) is 24.1 Å². The molecule has 1 aliphatic heterocycles. The van der Waals surface area contributed by atoms with E-state index in [2.05, 4.69) is 5.32 Å². The maximum Gasteiger partial charge on any atom is 0.397 e. The van der Waals surface area contributed by atoms with Crippen molar-refractivity contribution >= 4 is 40.1 Å². The smallest absolute Gasteiger partial charge is 0.397 e. The van der Waals surface area contributed by atoms with E-state index in [4.69, 9.17) is 14.5 Å². The highest BCUT2D eigenvalue weighted by Crippen LogP contribution is 2.30. The molecule has 1 aliphatic rings. The topological polar surface area (TPSA) is 99.5 Å². The second kappa shape index (κ2) is 9.05. The Morgan fingerprint density at radius 1 is 1.16 bits per heavy atom. The Balaban J connectivity index is 1.72. The number of esters is 1. The molecule has 1 amide bonds. The lowest BCUT2D eigenvalue weighted by molar-refractivity contribution is -0.152. The number of fused-ring (bicyclic) bond motifs is 2. The molecule has 0 saturated carbocycles. The SMILES string of the molecule is CCOC(=O)C(=O)Nc1ccc2c(=O)n3c(nc2c1)C(=Cc1ccccc1OCC)CC3. The number of ether oxygens (including phenoxy) is 2. The molecule has 8 heteroatoms. The van der Waals surface area contributed by atoms with E-state index in [0.29, 0.717) is 42.0 Å². The van der Waals surface area contributed by atoms with Gasteiger partial charge in [-0.15, -0.1) is 0 Å². The van der Waals surface area contributed by atoms with Crippen LogP contribution in [0.2, 0.25) is 0 Å². The molecular formula is C24H23N3O5. The third kappa shape index (κ3) is 4.12. The summed E-state index contributed by atoms with van der Waals surface area (Å²) in [5, 5.41) is 2.93. The summed E-state index contributed by atoms with van der Waals surface area (Å²) in [5.74, 6) is -0.485. The van der Waals surface area contributed by atoms with E-state index in [9.17, 15) is 14.4 Å². The lowest BCUT2D eigenvalue weighted by Crippen LogP contribution is -2.25. The Morgan fingerprint density at radius 2 is 1.97 bits per heavy atom. The van der Waals surface area contributed by atoms with Crippen LogP contribution in [0.15, 0.2) is 47.3 Å². The zero-order valence-corrected chi connectivity index (χ0v) is 17.9. The fourth-order valence-corrected chi connectivity index (χ4v) is 3.69. The highest BCUT2D eigenvalue weighted by atomic mass is 16.5. The van der Waals surface area contributed by atoms with Crippen molar-refractivity contribution in [3.8, 4) is 5.75 Å². The monoisotopic (exact) mass is 433 g/mol. The van der Waals surface area contributed by atoms with Crippen LogP contribution in [-0.2, 0) is 20.9 Å². The van der Waals surface area contributed by atoms with Crippen molar-refractivity contribution < 1.29 is 19.1 Å². The molecule has 2 heterocycles. The van der Waals surface area contributed by atoms with Crippen molar-refractivity contribution in [2.75, 3.05) is 18.5 Å². The number of hydrogen-bond donors (Lipinski definition) is 1. The molecule has 8 nitrogen and oxygen atoms in total. The molecule has 2 aromatic carbocycles. The van der Waals surface area contributed by atoms with Crippen molar-refractivity contribution in [3.05, 3.63) is 64.2 Å². The number of aromatic nitrogens is 2. The first-order valence-corrected chi connectivity index (χ1v) is 10.5. The number of rotatable bonds is 5. The molecule has 0 fully saturated rings. The Labute approximate surface area is 184 Å². The quantitative estimate of drug-likeness (QED) is 0.490. The van der Waals surface area contributed by atoms with E-state index in [1.165, 1.54) is 0 Å². The second-order valence-electron chi connectivity index (χ2n) is 7.19. The number of hydrogen-bond acceptors (Lipinski definition) is 6. The summed E-state index contributed by atoms with van der Waals surface area (Å²) >= 11 is 0. The van der Waals surface area contributed by atoms with Gasteiger partial charge >= 0.3 is 11.9 Å². The zero-order chi connectivity index (χ0) is 22.7. The van der Waals surface area contributed by atoms with Crippen molar-refractivity contribution in [1.29, 1.82) is 0 Å². The van der Waals surface area contributed by atoms with Gasteiger partial charge in [0.25, 0.3) is 5.56 Å². The van der Waals surface area contributed by atoms with E-state index < -0.39 is 11.9 Å². The minimum absolute atomic E-state index is 0.107. The summed E-state index contributed by atoms with van der Waals surface area (Å²) < 4.78 is 12.1. The van der Waals surface area contributed by atoms with Crippen LogP contribution in [0.3, 0.4) is 0 Å². The molecule has 4 rings (SSSR count). The molecule has 0 radical (unpaired) electrons. The number of carbonyl (C=O) groups is 2. The Kier molecular flexibility index (Phi) is 6.02. The van der Waals surface area contributed by atoms with Gasteiger partial charge in [0.2, 0.25) is 0 Å². The molecule has 32 heavy (non-hydrogen) atoms. The van der Waals surface area contributed by atoms with Crippen LogP contribution in [0.5, 0.6) is 5.75 Å². The molecule has 0 spiro atoms. The molecule has 0 bridgehead atoms. The van der Waals surface area contributed by atoms with Crippen LogP contribution in [0.25, 0.3) is 22.6 Å². The minimum Gasteiger partial charge on any atom is -0.493 e. The average molecular weight is 433 g/mol. The Hall–Kier alpha value is -3.94. The Bertz CT molecular complexity index is 1290. The summed E-state index contributed by atoms with van der Waals surface area (Å²) in [6, 6.07) is 12.5. The first kappa shape index (κ1) is 21.3. The van der Waals surface area contributed by atoms with Crippen LogP contribution in [0, 0.1) is 0 Å². The molecule has 1 N–H and O–H groups in total. The number of benzene rings is 2. The van der Waals surface area contributed by atoms with Crippen molar-refractivity contribution in [1.82, 2.24) is 9.55 Å². The van der Waals surface area contributed by atoms with Gasteiger partial charge in [-0.1, -0.05) is 18.2 Å². The van der Waals surface area contributed by atoms with Gasteiger partial charge in [-0.3, -0.25) is 14.2 Å². The summed E-state index contributed by atoms with van der Waals surface area (Å²) in [6.07, 6.45) is 2.67. The number of nitrogens with zero attached hydrogens (tertiary/aromatic N) is 2. The normalized spacial score (nSPS) is 13.8. The summed E-state index contributed by atoms with van der Waals surface area (Å²) in [7, 11) is 0. The van der Waals surface area contributed by atoms with Gasteiger partial charge in [-0.05, 0) is 56.2 Å². The summed E-state index contributed by atoms with van der Waals surface area (Å²) in [5.41, 5.74) is 2.50. The fourth-order valence-electron chi connectivity index (χ4n) is 3.69. The number of allylic oxidation sites excluding steroid dienone is 1. The molecule has 1 aromatic heterocycles. The number of nitrogens with one attached hydrogen (secondary N) is 1. The van der Waals surface area contributed by atoms with Crippen LogP contribution in [0.4, 0.5) is 5.69 Å². The van der Waals surface area contributed by atoms with Crippen molar-refractivity contribution in [2.45, 2.75) is 26.8 Å². The van der Waals surface area contributed by atoms with E-state index in [1.54, 1.807) is 29.7 Å². The predicted molar refractivity (Wildman–Crippen MR) is 121 cm³/mol. The number of anilines is 1. The third-order valence-electron chi connectivity index (χ3n) is 5.11. The van der Waals surface area contributed by atoms with Crippen molar-refractivity contribution in [2.24, 2.45) is 0 Å². The van der Waals surface area contributed by atoms with Gasteiger partial charge in [0, 0.05) is 17.8 Å². The molecule has 0 saturated heterocycles. The van der Waals surface area contributed by atoms with E-state index in [0.717, 1.165) is 16.9 Å². The standard InChI is InChI=1S/C24H23N3O5/c1-3-31-20-8-6-5-7-15(20)13-16-11-12-27-21(16)26-19-14-17(9-10-18(19)23(27)29)25-22(28)24(30)32-4-2/h5-10,13-14H,3-4,11-12H2,1-2H3,(H,25,28). The van der Waals surface area contributed by atoms with Gasteiger partial charge in [0.15, 0.2) is 0 Å². The number of para-hydroxylation sites is 1. The van der Waals surface area contributed by atoms with Gasteiger partial charge in [-0.25, -0.2) is 9.78 Å². The third-order valence-corrected chi connectivity index (χ3v) is 5.11. The second-order valence-corrected chi connectivity index (χ2v) is 7.19. The van der Waals surface area contributed by atoms with Gasteiger partial charge in [-0.2, -0.15) is 0 Å². The summed E-state index contributed by atoms with van der Waals surface area (Å²) in [4.78, 5) is 41.3. The maximum absolute atomic E-state index is 13.0. The van der Waals surface area contributed by atoms with Crippen LogP contribution < -0.4 is 15.6 Å². The molecule has 0 atom stereocenters. The average Bonchev–Trinajstić information content (AvgIpc) is 3.18. The van der Waals surface area contributed by atoms with E-state index in [-0.39, 0.29) is 12.2 Å². The molecular weight excluding hydrogens is 410 g/mol. The lowest BCUT2D eigenvalue weighted by atomic mass is 10.1. The minimum atomic E-state index is -0.965. The van der Waals surface area contributed by atoms with Crippen LogP contribution >= 0.6 is 0 Å². The first-order chi connectivity index (χ1) is 15.5. The Morgan fingerprint density at radius 3 is 2.75 bits per heavy atom. The predicted octanol–water partition coefficient (Wildman–Crippen LogP) is 3.24. The maximum atomic E-state index is 13.0. The van der Waals surface area contributed by atoms with Gasteiger partial charge < -0.3 is 14.8 Å². The highest BCUT2D eigenvalue weighted by molar-refractivity contribution is 6.37. The zero-order valence-electron chi connectivity index (χ0n) is 17.9. The largest absolute Gasteiger partial charge is 0.493 e. The van der Waals surface area contributed by atoms with Gasteiger partial charge in [0.1, 0.15) is 11.6 Å². The number of carbonyl (C=O) groups excluding carboxylic acids is 2. The fraction of sp³-hybridized carbons (Fsp3) is 0.250. The molecule has 0 aliphatic carbocycles. The molecule has 164 valence electrons. The van der Waals surface area contributed by atoms with Crippen LogP contribution in [-0.4, -0.2) is 34.6 Å². The van der Waals surface area contributed by atoms with Crippen LogP contribution in [0.1, 0.15) is 31.7 Å². The highest BCUT2D eigenvalue weighted by Gasteiger charge is 2.22. The molecule has 3 aromatic rings. The van der Waals surface area contributed by atoms with E-state index in [1.807, 2.05) is 37.3 Å². The summed E-state index contributed by atoms with van der Waals surface area (Å²) in [6.45, 7) is 4.76.